The average Bonchev–Trinajstić information content (AvgIpc) is 2.99. The third kappa shape index (κ3) is 4.75. The third-order valence-corrected chi connectivity index (χ3v) is 4.23. The second-order valence-corrected chi connectivity index (χ2v) is 6.50. The lowest BCUT2D eigenvalue weighted by molar-refractivity contribution is 0.116. The van der Waals surface area contributed by atoms with Crippen LogP contribution in [0.15, 0.2) is 5.38 Å². The summed E-state index contributed by atoms with van der Waals surface area (Å²) in [5.74, 6) is 0.681. The highest BCUT2D eigenvalue weighted by Crippen LogP contribution is 2.21. The zero-order chi connectivity index (χ0) is 13.7. The Morgan fingerprint density at radius 2 is 2.42 bits per heavy atom. The van der Waals surface area contributed by atoms with Crippen LogP contribution in [0.4, 0.5) is 5.13 Å². The first-order valence-corrected chi connectivity index (χ1v) is 8.01. The molecule has 1 unspecified atom stereocenters. The first-order valence-electron chi connectivity index (χ1n) is 7.13. The van der Waals surface area contributed by atoms with E-state index in [-0.39, 0.29) is 0 Å². The van der Waals surface area contributed by atoms with Gasteiger partial charge in [-0.25, -0.2) is 4.98 Å². The molecule has 0 aromatic carbocycles. The number of nitrogens with zero attached hydrogens (tertiary/aromatic N) is 2. The van der Waals surface area contributed by atoms with Crippen molar-refractivity contribution in [2.24, 2.45) is 5.92 Å². The van der Waals surface area contributed by atoms with Crippen molar-refractivity contribution in [1.29, 1.82) is 0 Å². The van der Waals surface area contributed by atoms with Crippen LogP contribution >= 0.6 is 11.3 Å². The fourth-order valence-electron chi connectivity index (χ4n) is 2.21. The highest BCUT2D eigenvalue weighted by Gasteiger charge is 2.18. The second kappa shape index (κ2) is 7.22. The number of nitrogens with one attached hydrogen (secondary N) is 1. The lowest BCUT2D eigenvalue weighted by Crippen LogP contribution is -2.28. The van der Waals surface area contributed by atoms with Gasteiger partial charge in [0.15, 0.2) is 5.13 Å². The molecular formula is C14H25N3OS. The lowest BCUT2D eigenvalue weighted by Gasteiger charge is -2.19. The zero-order valence-electron chi connectivity index (χ0n) is 12.2. The van der Waals surface area contributed by atoms with Gasteiger partial charge in [0.25, 0.3) is 0 Å². The number of ether oxygens (including phenoxy) is 1. The Balaban J connectivity index is 1.78. The Morgan fingerprint density at radius 1 is 1.58 bits per heavy atom. The van der Waals surface area contributed by atoms with Gasteiger partial charge in [0.2, 0.25) is 0 Å². The average molecular weight is 283 g/mol. The van der Waals surface area contributed by atoms with E-state index in [4.69, 9.17) is 4.74 Å². The minimum Gasteiger partial charge on any atom is -0.376 e. The first-order chi connectivity index (χ1) is 9.15. The Hall–Kier alpha value is -0.650. The van der Waals surface area contributed by atoms with Gasteiger partial charge in [-0.15, -0.1) is 11.3 Å². The molecule has 0 bridgehead atoms. The monoisotopic (exact) mass is 283 g/mol. The molecule has 1 saturated heterocycles. The van der Waals surface area contributed by atoms with E-state index in [0.29, 0.717) is 12.0 Å². The number of likely N-dealkylation sites (N-methyl/N-ethyl adjacent to an activating group) is 1. The summed E-state index contributed by atoms with van der Waals surface area (Å²) in [4.78, 5) is 6.89. The summed E-state index contributed by atoms with van der Waals surface area (Å²) in [6, 6.07) is 0. The largest absolute Gasteiger partial charge is 0.376 e. The number of rotatable bonds is 7. The molecule has 1 fully saturated rings. The minimum absolute atomic E-state index is 0.386. The summed E-state index contributed by atoms with van der Waals surface area (Å²) < 4.78 is 5.67. The molecule has 1 aromatic rings. The van der Waals surface area contributed by atoms with Crippen LogP contribution in [0.1, 0.15) is 32.4 Å². The molecule has 4 nitrogen and oxygen atoms in total. The number of thiazole rings is 1. The first kappa shape index (κ1) is 14.8. The van der Waals surface area contributed by atoms with Crippen molar-refractivity contribution in [1.82, 2.24) is 10.3 Å². The molecule has 1 aliphatic heterocycles. The minimum atomic E-state index is 0.386. The number of anilines is 1. The number of hydrogen-bond acceptors (Lipinski definition) is 5. The maximum atomic E-state index is 5.67. The molecule has 0 amide bonds. The smallest absolute Gasteiger partial charge is 0.185 e. The summed E-state index contributed by atoms with van der Waals surface area (Å²) in [5, 5.41) is 6.67. The lowest BCUT2D eigenvalue weighted by atomic mass is 10.2. The quantitative estimate of drug-likeness (QED) is 0.834. The van der Waals surface area contributed by atoms with Crippen molar-refractivity contribution in [2.75, 3.05) is 31.6 Å². The number of hydrogen-bond donors (Lipinski definition) is 1. The predicted molar refractivity (Wildman–Crippen MR) is 80.9 cm³/mol. The van der Waals surface area contributed by atoms with E-state index in [9.17, 15) is 0 Å². The third-order valence-electron chi connectivity index (χ3n) is 3.23. The van der Waals surface area contributed by atoms with Crippen molar-refractivity contribution >= 4 is 16.5 Å². The van der Waals surface area contributed by atoms with E-state index in [1.807, 2.05) is 0 Å². The van der Waals surface area contributed by atoms with Crippen LogP contribution in [0.25, 0.3) is 0 Å². The maximum absolute atomic E-state index is 5.67. The second-order valence-electron chi connectivity index (χ2n) is 5.66. The predicted octanol–water partition coefficient (Wildman–Crippen LogP) is 2.50. The van der Waals surface area contributed by atoms with Crippen LogP contribution in [-0.4, -0.2) is 37.8 Å². The molecule has 108 valence electrons. The summed E-state index contributed by atoms with van der Waals surface area (Å²) in [7, 11) is 2.10. The summed E-state index contributed by atoms with van der Waals surface area (Å²) in [6.07, 6.45) is 2.76. The highest BCUT2D eigenvalue weighted by atomic mass is 32.1. The fraction of sp³-hybridized carbons (Fsp3) is 0.786. The van der Waals surface area contributed by atoms with Crippen LogP contribution < -0.4 is 10.2 Å². The molecule has 1 N–H and O–H groups in total. The van der Waals surface area contributed by atoms with E-state index in [1.165, 1.54) is 12.8 Å². The normalized spacial score (nSPS) is 19.3. The molecule has 5 heteroatoms. The summed E-state index contributed by atoms with van der Waals surface area (Å²) >= 11 is 1.72. The van der Waals surface area contributed by atoms with Gasteiger partial charge in [-0.3, -0.25) is 0 Å². The fourth-order valence-corrected chi connectivity index (χ4v) is 3.02. The number of aromatic nitrogens is 1. The van der Waals surface area contributed by atoms with Gasteiger partial charge >= 0.3 is 0 Å². The standard InChI is InChI=1S/C14H25N3OS/c1-11(2)7-15-8-12-10-19-14(16-12)17(3)9-13-5-4-6-18-13/h10-11,13,15H,4-9H2,1-3H3. The molecule has 0 radical (unpaired) electrons. The SMILES string of the molecule is CC(C)CNCc1csc(N(C)CC2CCCO2)n1. The molecule has 1 aromatic heterocycles. The molecule has 0 aliphatic carbocycles. The molecule has 2 rings (SSSR count). The van der Waals surface area contributed by atoms with Crippen molar-refractivity contribution in [2.45, 2.75) is 39.3 Å². The van der Waals surface area contributed by atoms with Crippen molar-refractivity contribution in [3.63, 3.8) is 0 Å². The van der Waals surface area contributed by atoms with Gasteiger partial charge in [-0.1, -0.05) is 13.8 Å². The zero-order valence-corrected chi connectivity index (χ0v) is 13.0. The summed E-state index contributed by atoms with van der Waals surface area (Å²) in [5.41, 5.74) is 1.14. The van der Waals surface area contributed by atoms with Crippen LogP contribution in [0.3, 0.4) is 0 Å². The molecule has 0 saturated carbocycles. The van der Waals surface area contributed by atoms with Crippen LogP contribution in [0.5, 0.6) is 0 Å². The Kier molecular flexibility index (Phi) is 5.60. The van der Waals surface area contributed by atoms with Crippen LogP contribution in [0, 0.1) is 5.92 Å². The Labute approximate surface area is 120 Å². The van der Waals surface area contributed by atoms with Crippen LogP contribution in [0.2, 0.25) is 0 Å². The Morgan fingerprint density at radius 3 is 3.11 bits per heavy atom. The molecular weight excluding hydrogens is 258 g/mol. The molecule has 19 heavy (non-hydrogen) atoms. The maximum Gasteiger partial charge on any atom is 0.185 e. The highest BCUT2D eigenvalue weighted by molar-refractivity contribution is 7.13. The molecule has 2 heterocycles. The van der Waals surface area contributed by atoms with E-state index in [2.05, 4.69) is 41.5 Å². The van der Waals surface area contributed by atoms with Gasteiger partial charge < -0.3 is 15.0 Å². The van der Waals surface area contributed by atoms with Gasteiger partial charge in [-0.05, 0) is 25.3 Å². The Bertz CT molecular complexity index is 375. The molecule has 1 atom stereocenters. The molecule has 0 spiro atoms. The summed E-state index contributed by atoms with van der Waals surface area (Å²) in [6.45, 7) is 8.21. The van der Waals surface area contributed by atoms with Gasteiger partial charge in [0, 0.05) is 32.1 Å². The van der Waals surface area contributed by atoms with Gasteiger partial charge in [0.1, 0.15) is 0 Å². The van der Waals surface area contributed by atoms with E-state index < -0.39 is 0 Å². The van der Waals surface area contributed by atoms with Crippen molar-refractivity contribution < 1.29 is 4.74 Å². The van der Waals surface area contributed by atoms with E-state index in [0.717, 1.165) is 37.1 Å². The topological polar surface area (TPSA) is 37.4 Å². The van der Waals surface area contributed by atoms with Gasteiger partial charge in [-0.2, -0.15) is 0 Å². The van der Waals surface area contributed by atoms with Crippen molar-refractivity contribution in [3.05, 3.63) is 11.1 Å². The van der Waals surface area contributed by atoms with Crippen molar-refractivity contribution in [3.8, 4) is 0 Å². The molecule has 1 aliphatic rings. The van der Waals surface area contributed by atoms with E-state index in [1.54, 1.807) is 11.3 Å². The van der Waals surface area contributed by atoms with Gasteiger partial charge in [0.05, 0.1) is 11.8 Å². The van der Waals surface area contributed by atoms with Crippen LogP contribution in [-0.2, 0) is 11.3 Å². The van der Waals surface area contributed by atoms with E-state index >= 15 is 0 Å².